The summed E-state index contributed by atoms with van der Waals surface area (Å²) >= 11 is 2.83. The highest BCUT2D eigenvalue weighted by Crippen LogP contribution is 2.42. The summed E-state index contributed by atoms with van der Waals surface area (Å²) in [4.78, 5) is 18.9. The van der Waals surface area contributed by atoms with E-state index >= 15 is 0 Å². The van der Waals surface area contributed by atoms with E-state index in [0.717, 1.165) is 9.90 Å². The number of thiophene rings is 1. The molecule has 0 fully saturated rings. The maximum Gasteiger partial charge on any atom is 0.265 e. The third kappa shape index (κ3) is 2.88. The topological polar surface area (TPSA) is 97.3 Å². The average molecular weight is 313 g/mol. The number of nitrogens with zero attached hydrogens (tertiary/aromatic N) is 3. The molecule has 2 rings (SSSR count). The Kier molecular flexibility index (Phi) is 4.50. The maximum absolute atomic E-state index is 12.1. The Hall–Kier alpha value is -1.74. The minimum absolute atomic E-state index is 0.101. The zero-order valence-electron chi connectivity index (χ0n) is 11.3. The molecular formula is C11H15N5O2S2. The lowest BCUT2D eigenvalue weighted by Crippen LogP contribution is -2.21. The van der Waals surface area contributed by atoms with E-state index < -0.39 is 0 Å². The number of nitrogen functional groups attached to an aromatic ring is 1. The Morgan fingerprint density at radius 1 is 1.60 bits per heavy atom. The van der Waals surface area contributed by atoms with E-state index in [1.807, 2.05) is 6.26 Å². The largest absolute Gasteiger partial charge is 0.396 e. The molecule has 1 amide bonds. The molecule has 0 bridgehead atoms. The third-order valence-corrected chi connectivity index (χ3v) is 4.63. The number of carbonyl (C=O) groups excluding carboxylic acids is 1. The lowest BCUT2D eigenvalue weighted by Gasteiger charge is -2.08. The second kappa shape index (κ2) is 6.14. The minimum Gasteiger partial charge on any atom is -0.396 e. The van der Waals surface area contributed by atoms with E-state index in [-0.39, 0.29) is 5.91 Å². The molecule has 0 aromatic carbocycles. The first-order valence-corrected chi connectivity index (χ1v) is 7.75. The summed E-state index contributed by atoms with van der Waals surface area (Å²) in [5, 5.41) is 7.74. The Labute approximate surface area is 124 Å². The molecule has 0 saturated carbocycles. The van der Waals surface area contributed by atoms with Crippen molar-refractivity contribution >= 4 is 39.7 Å². The first-order chi connectivity index (χ1) is 9.54. The van der Waals surface area contributed by atoms with Crippen molar-refractivity contribution in [3.8, 4) is 0 Å². The number of rotatable bonds is 5. The summed E-state index contributed by atoms with van der Waals surface area (Å²) in [7, 11) is 3.40. The van der Waals surface area contributed by atoms with Crippen LogP contribution in [0.3, 0.4) is 0 Å². The van der Waals surface area contributed by atoms with Crippen LogP contribution in [0.4, 0.5) is 10.7 Å². The summed E-state index contributed by atoms with van der Waals surface area (Å²) in [5.41, 5.74) is 6.57. The highest BCUT2D eigenvalue weighted by atomic mass is 32.2. The number of thioether (sulfide) groups is 1. The Morgan fingerprint density at radius 3 is 2.90 bits per heavy atom. The number of aromatic nitrogens is 2. The second-order valence-electron chi connectivity index (χ2n) is 4.11. The zero-order valence-corrected chi connectivity index (χ0v) is 13.0. The van der Waals surface area contributed by atoms with Crippen LogP contribution in [0.1, 0.15) is 15.5 Å². The van der Waals surface area contributed by atoms with Crippen LogP contribution in [0.5, 0.6) is 0 Å². The van der Waals surface area contributed by atoms with Gasteiger partial charge < -0.3 is 20.5 Å². The van der Waals surface area contributed by atoms with Gasteiger partial charge in [-0.05, 0) is 6.26 Å². The van der Waals surface area contributed by atoms with Gasteiger partial charge in [-0.1, -0.05) is 5.16 Å². The molecule has 2 aromatic heterocycles. The SMILES string of the molecule is CSc1c(NCc2ncon2)sc(C(=O)N(C)C)c1N. The van der Waals surface area contributed by atoms with E-state index in [0.29, 0.717) is 22.9 Å². The van der Waals surface area contributed by atoms with Gasteiger partial charge in [0.25, 0.3) is 5.91 Å². The average Bonchev–Trinajstić information content (AvgIpc) is 3.03. The van der Waals surface area contributed by atoms with Gasteiger partial charge in [0, 0.05) is 14.1 Å². The number of amides is 1. The van der Waals surface area contributed by atoms with Crippen LogP contribution >= 0.6 is 23.1 Å². The predicted molar refractivity (Wildman–Crippen MR) is 80.2 cm³/mol. The van der Waals surface area contributed by atoms with Crippen LogP contribution in [0.15, 0.2) is 15.8 Å². The molecule has 2 aromatic rings. The van der Waals surface area contributed by atoms with Crippen molar-refractivity contribution in [2.24, 2.45) is 0 Å². The predicted octanol–water partition coefficient (Wildman–Crippen LogP) is 1.75. The first kappa shape index (κ1) is 14.7. The highest BCUT2D eigenvalue weighted by molar-refractivity contribution is 7.99. The molecule has 0 spiro atoms. The monoisotopic (exact) mass is 313 g/mol. The molecule has 9 heteroatoms. The lowest BCUT2D eigenvalue weighted by atomic mass is 10.3. The molecule has 0 saturated heterocycles. The minimum atomic E-state index is -0.101. The number of anilines is 2. The van der Waals surface area contributed by atoms with Crippen molar-refractivity contribution in [3.63, 3.8) is 0 Å². The number of hydrogen-bond acceptors (Lipinski definition) is 8. The van der Waals surface area contributed by atoms with Crippen LogP contribution in [-0.2, 0) is 6.54 Å². The number of nitrogens with one attached hydrogen (secondary N) is 1. The van der Waals surface area contributed by atoms with Crippen LogP contribution in [0.25, 0.3) is 0 Å². The van der Waals surface area contributed by atoms with Gasteiger partial charge in [0.15, 0.2) is 5.82 Å². The molecule has 0 unspecified atom stereocenters. The summed E-state index contributed by atoms with van der Waals surface area (Å²) in [6.07, 6.45) is 3.19. The van der Waals surface area contributed by atoms with Crippen molar-refractivity contribution in [1.82, 2.24) is 15.0 Å². The van der Waals surface area contributed by atoms with Gasteiger partial charge in [-0.3, -0.25) is 4.79 Å². The van der Waals surface area contributed by atoms with Crippen molar-refractivity contribution < 1.29 is 9.32 Å². The van der Waals surface area contributed by atoms with Gasteiger partial charge in [0.1, 0.15) is 9.88 Å². The third-order valence-electron chi connectivity index (χ3n) is 2.52. The van der Waals surface area contributed by atoms with Gasteiger partial charge in [-0.25, -0.2) is 0 Å². The molecule has 108 valence electrons. The van der Waals surface area contributed by atoms with Gasteiger partial charge in [-0.15, -0.1) is 23.1 Å². The van der Waals surface area contributed by atoms with Crippen LogP contribution in [0, 0.1) is 0 Å². The zero-order chi connectivity index (χ0) is 14.7. The number of carbonyl (C=O) groups is 1. The smallest absolute Gasteiger partial charge is 0.265 e. The second-order valence-corrected chi connectivity index (χ2v) is 5.94. The molecule has 0 aliphatic carbocycles. The molecule has 0 radical (unpaired) electrons. The van der Waals surface area contributed by atoms with E-state index in [2.05, 4.69) is 20.0 Å². The molecule has 0 aliphatic rings. The van der Waals surface area contributed by atoms with Crippen molar-refractivity contribution in [2.45, 2.75) is 11.4 Å². The maximum atomic E-state index is 12.1. The highest BCUT2D eigenvalue weighted by Gasteiger charge is 2.21. The van der Waals surface area contributed by atoms with E-state index in [4.69, 9.17) is 5.73 Å². The Balaban J connectivity index is 2.24. The van der Waals surface area contributed by atoms with Crippen LogP contribution in [0.2, 0.25) is 0 Å². The summed E-state index contributed by atoms with van der Waals surface area (Å²) in [6, 6.07) is 0. The molecule has 0 aliphatic heterocycles. The fourth-order valence-corrected chi connectivity index (χ4v) is 3.59. The molecule has 20 heavy (non-hydrogen) atoms. The summed E-state index contributed by atoms with van der Waals surface area (Å²) < 4.78 is 4.67. The number of nitrogens with two attached hydrogens (primary N) is 1. The molecule has 0 atom stereocenters. The molecule has 2 heterocycles. The van der Waals surface area contributed by atoms with Gasteiger partial charge in [0.05, 0.1) is 17.1 Å². The van der Waals surface area contributed by atoms with Crippen molar-refractivity contribution in [1.29, 1.82) is 0 Å². The first-order valence-electron chi connectivity index (χ1n) is 5.71. The van der Waals surface area contributed by atoms with E-state index in [9.17, 15) is 4.79 Å². The molecule has 3 N–H and O–H groups in total. The Morgan fingerprint density at radius 2 is 2.35 bits per heavy atom. The fourth-order valence-electron chi connectivity index (χ4n) is 1.54. The molecule has 7 nitrogen and oxygen atoms in total. The normalized spacial score (nSPS) is 10.6. The number of hydrogen-bond donors (Lipinski definition) is 2. The Bertz CT molecular complexity index is 594. The van der Waals surface area contributed by atoms with Gasteiger partial charge in [-0.2, -0.15) is 4.98 Å². The van der Waals surface area contributed by atoms with Crippen molar-refractivity contribution in [3.05, 3.63) is 17.1 Å². The fraction of sp³-hybridized carbons (Fsp3) is 0.364. The standard InChI is InChI=1S/C11H15N5O2S2/c1-16(2)11(17)9-7(12)8(19-3)10(20-9)13-4-6-14-5-18-15-6/h5,13H,4,12H2,1-3H3. The lowest BCUT2D eigenvalue weighted by molar-refractivity contribution is 0.0833. The van der Waals surface area contributed by atoms with Gasteiger partial charge >= 0.3 is 0 Å². The van der Waals surface area contributed by atoms with Crippen LogP contribution in [-0.4, -0.2) is 41.3 Å². The summed E-state index contributed by atoms with van der Waals surface area (Å²) in [6.45, 7) is 0.416. The van der Waals surface area contributed by atoms with Crippen molar-refractivity contribution in [2.75, 3.05) is 31.4 Å². The molecular weight excluding hydrogens is 298 g/mol. The van der Waals surface area contributed by atoms with Crippen LogP contribution < -0.4 is 11.1 Å². The quantitative estimate of drug-likeness (QED) is 0.811. The van der Waals surface area contributed by atoms with E-state index in [1.54, 1.807) is 14.1 Å². The summed E-state index contributed by atoms with van der Waals surface area (Å²) in [5.74, 6) is 0.444. The van der Waals surface area contributed by atoms with Gasteiger partial charge in [0.2, 0.25) is 6.39 Å². The van der Waals surface area contributed by atoms with E-state index in [1.165, 1.54) is 34.4 Å².